The highest BCUT2D eigenvalue weighted by Gasteiger charge is 1.92. The normalized spacial score (nSPS) is 14.4. The molecule has 0 aromatic heterocycles. The Hall–Kier alpha value is -1.68. The summed E-state index contributed by atoms with van der Waals surface area (Å²) in [5.41, 5.74) is 7.69. The molecule has 0 unspecified atom stereocenters. The van der Waals surface area contributed by atoms with Crippen LogP contribution in [0.2, 0.25) is 0 Å². The Morgan fingerprint density at radius 1 is 1.58 bits per heavy atom. The van der Waals surface area contributed by atoms with Gasteiger partial charge in [0.2, 0.25) is 0 Å². The van der Waals surface area contributed by atoms with Crippen molar-refractivity contribution in [2.24, 2.45) is 0 Å². The Morgan fingerprint density at radius 3 is 2.92 bits per heavy atom. The first-order chi connectivity index (χ1) is 5.86. The molecule has 60 valence electrons. The van der Waals surface area contributed by atoms with Gasteiger partial charge in [0.1, 0.15) is 0 Å². The van der Waals surface area contributed by atoms with E-state index in [4.69, 9.17) is 0 Å². The SMILES string of the molecule is C=C/C(=C\C)NC1=CC=C=C=C1. The maximum atomic E-state index is 3.68. The molecular weight excluding hydrogens is 146 g/mol. The molecule has 1 N–H and O–H groups in total. The number of hydrogen-bond acceptors (Lipinski definition) is 1. The van der Waals surface area contributed by atoms with Gasteiger partial charge < -0.3 is 5.32 Å². The van der Waals surface area contributed by atoms with Crippen molar-refractivity contribution < 1.29 is 0 Å². The van der Waals surface area contributed by atoms with Gasteiger partial charge in [-0.25, -0.2) is 0 Å². The second kappa shape index (κ2) is 4.25. The summed E-state index contributed by atoms with van der Waals surface area (Å²) < 4.78 is 0. The maximum absolute atomic E-state index is 3.68. The van der Waals surface area contributed by atoms with Crippen LogP contribution in [0, 0.1) is 0 Å². The molecule has 0 atom stereocenters. The van der Waals surface area contributed by atoms with E-state index in [2.05, 4.69) is 23.4 Å². The van der Waals surface area contributed by atoms with Gasteiger partial charge in [-0.1, -0.05) is 24.1 Å². The van der Waals surface area contributed by atoms with Crippen LogP contribution in [-0.4, -0.2) is 0 Å². The quantitative estimate of drug-likeness (QED) is 0.490. The second-order valence-electron chi connectivity index (χ2n) is 2.29. The minimum absolute atomic E-state index is 0.995. The van der Waals surface area contributed by atoms with Gasteiger partial charge in [-0.3, -0.25) is 0 Å². The van der Waals surface area contributed by atoms with Crippen molar-refractivity contribution in [2.45, 2.75) is 6.92 Å². The molecule has 0 bridgehead atoms. The summed E-state index contributed by atoms with van der Waals surface area (Å²) in [6, 6.07) is 0. The lowest BCUT2D eigenvalue weighted by atomic mass is 10.3. The lowest BCUT2D eigenvalue weighted by Gasteiger charge is -2.06. The van der Waals surface area contributed by atoms with E-state index in [0.29, 0.717) is 0 Å². The highest BCUT2D eigenvalue weighted by atomic mass is 14.9. The molecule has 1 aliphatic carbocycles. The van der Waals surface area contributed by atoms with Gasteiger partial charge in [0, 0.05) is 17.5 Å². The van der Waals surface area contributed by atoms with Crippen molar-refractivity contribution in [3.8, 4) is 0 Å². The topological polar surface area (TPSA) is 12.0 Å². The maximum Gasteiger partial charge on any atom is 0.0475 e. The average Bonchev–Trinajstić information content (AvgIpc) is 2.16. The molecule has 0 heterocycles. The fraction of sp³-hybridized carbons (Fsp3) is 0.0909. The molecule has 12 heavy (non-hydrogen) atoms. The van der Waals surface area contributed by atoms with E-state index in [-0.39, 0.29) is 0 Å². The van der Waals surface area contributed by atoms with Crippen LogP contribution in [0.15, 0.2) is 59.8 Å². The van der Waals surface area contributed by atoms with Gasteiger partial charge in [-0.15, -0.1) is 0 Å². The minimum atomic E-state index is 0.995. The van der Waals surface area contributed by atoms with E-state index >= 15 is 0 Å². The van der Waals surface area contributed by atoms with E-state index in [0.717, 1.165) is 11.4 Å². The van der Waals surface area contributed by atoms with Crippen molar-refractivity contribution >= 4 is 0 Å². The second-order valence-corrected chi connectivity index (χ2v) is 2.29. The zero-order valence-electron chi connectivity index (χ0n) is 7.09. The Bertz CT molecular complexity index is 330. The summed E-state index contributed by atoms with van der Waals surface area (Å²) >= 11 is 0. The van der Waals surface area contributed by atoms with Crippen molar-refractivity contribution in [1.29, 1.82) is 0 Å². The van der Waals surface area contributed by atoms with Crippen molar-refractivity contribution in [1.82, 2.24) is 5.32 Å². The molecule has 0 spiro atoms. The van der Waals surface area contributed by atoms with Crippen molar-refractivity contribution in [2.75, 3.05) is 0 Å². The molecule has 0 saturated carbocycles. The van der Waals surface area contributed by atoms with Crippen LogP contribution < -0.4 is 5.32 Å². The summed E-state index contributed by atoms with van der Waals surface area (Å²) in [5.74, 6) is 0. The lowest BCUT2D eigenvalue weighted by Crippen LogP contribution is -2.09. The highest BCUT2D eigenvalue weighted by molar-refractivity contribution is 5.30. The summed E-state index contributed by atoms with van der Waals surface area (Å²) in [6.07, 6.45) is 9.33. The third-order valence-corrected chi connectivity index (χ3v) is 1.48. The van der Waals surface area contributed by atoms with Crippen LogP contribution in [0.25, 0.3) is 0 Å². The standard InChI is InChI=1S/C11H11N/c1-3-10(4-2)12-11-8-6-5-7-9-11/h3-4,6,8-9,12H,1H2,2H3/b10-4+. The third-order valence-electron chi connectivity index (χ3n) is 1.48. The predicted octanol–water partition coefficient (Wildman–Crippen LogP) is 2.43. The molecule has 1 aliphatic rings. The monoisotopic (exact) mass is 157 g/mol. The van der Waals surface area contributed by atoms with Crippen LogP contribution in [0.4, 0.5) is 0 Å². The van der Waals surface area contributed by atoms with E-state index in [9.17, 15) is 0 Å². The van der Waals surface area contributed by atoms with E-state index in [1.54, 1.807) is 6.08 Å². The van der Waals surface area contributed by atoms with Crippen LogP contribution in [-0.2, 0) is 0 Å². The first-order valence-electron chi connectivity index (χ1n) is 3.80. The lowest BCUT2D eigenvalue weighted by molar-refractivity contribution is 1.04. The molecule has 1 heteroatoms. The fourth-order valence-corrected chi connectivity index (χ4v) is 0.833. The van der Waals surface area contributed by atoms with E-state index in [1.165, 1.54) is 0 Å². The van der Waals surface area contributed by atoms with Gasteiger partial charge >= 0.3 is 0 Å². The summed E-state index contributed by atoms with van der Waals surface area (Å²) in [6.45, 7) is 5.64. The van der Waals surface area contributed by atoms with E-state index in [1.807, 2.05) is 31.2 Å². The van der Waals surface area contributed by atoms with Crippen LogP contribution >= 0.6 is 0 Å². The summed E-state index contributed by atoms with van der Waals surface area (Å²) in [4.78, 5) is 0. The van der Waals surface area contributed by atoms with Crippen LogP contribution in [0.1, 0.15) is 6.92 Å². The Balaban J connectivity index is 2.65. The molecule has 0 fully saturated rings. The largest absolute Gasteiger partial charge is 0.355 e. The minimum Gasteiger partial charge on any atom is -0.355 e. The molecule has 0 aromatic carbocycles. The first kappa shape index (κ1) is 8.42. The average molecular weight is 157 g/mol. The third kappa shape index (κ3) is 2.17. The van der Waals surface area contributed by atoms with Gasteiger partial charge in [-0.05, 0) is 25.2 Å². The zero-order chi connectivity index (χ0) is 8.81. The number of nitrogens with one attached hydrogen (secondary N) is 1. The molecule has 1 rings (SSSR count). The molecule has 0 aliphatic heterocycles. The molecule has 0 radical (unpaired) electrons. The Labute approximate surface area is 72.8 Å². The number of rotatable bonds is 3. The van der Waals surface area contributed by atoms with Gasteiger partial charge in [0.25, 0.3) is 0 Å². The van der Waals surface area contributed by atoms with Crippen LogP contribution in [0.3, 0.4) is 0 Å². The van der Waals surface area contributed by atoms with Gasteiger partial charge in [0.15, 0.2) is 0 Å². The Kier molecular flexibility index (Phi) is 2.98. The molecule has 0 aromatic rings. The first-order valence-corrected chi connectivity index (χ1v) is 3.80. The van der Waals surface area contributed by atoms with Crippen molar-refractivity contribution in [3.05, 3.63) is 59.8 Å². The van der Waals surface area contributed by atoms with Gasteiger partial charge in [0.05, 0.1) is 0 Å². The Morgan fingerprint density at radius 2 is 2.42 bits per heavy atom. The predicted molar refractivity (Wildman–Crippen MR) is 51.3 cm³/mol. The molecule has 1 nitrogen and oxygen atoms in total. The summed E-state index contributed by atoms with van der Waals surface area (Å²) in [7, 11) is 0. The van der Waals surface area contributed by atoms with Crippen LogP contribution in [0.5, 0.6) is 0 Å². The fourth-order valence-electron chi connectivity index (χ4n) is 0.833. The summed E-state index contributed by atoms with van der Waals surface area (Å²) in [5, 5.41) is 3.17. The molecule has 0 saturated heterocycles. The highest BCUT2D eigenvalue weighted by Crippen LogP contribution is 2.00. The zero-order valence-corrected chi connectivity index (χ0v) is 7.09. The number of hydrogen-bond donors (Lipinski definition) is 1. The van der Waals surface area contributed by atoms with Gasteiger partial charge in [-0.2, -0.15) is 0 Å². The smallest absolute Gasteiger partial charge is 0.0475 e. The number of allylic oxidation sites excluding steroid dienone is 5. The molecular formula is C11H11N. The van der Waals surface area contributed by atoms with E-state index < -0.39 is 0 Å². The van der Waals surface area contributed by atoms with Crippen molar-refractivity contribution in [3.63, 3.8) is 0 Å². The molecule has 0 amide bonds.